The van der Waals surface area contributed by atoms with E-state index < -0.39 is 70.5 Å². The summed E-state index contributed by atoms with van der Waals surface area (Å²) >= 11 is 0. The fraction of sp³-hybridized carbons (Fsp3) is 0.400. The molecule has 9 nitrogen and oxygen atoms in total. The molecule has 17 heteroatoms. The number of aromatic nitrogens is 1. The first-order chi connectivity index (χ1) is 24.5. The quantitative estimate of drug-likeness (QED) is 0.105. The van der Waals surface area contributed by atoms with Crippen LogP contribution in [-0.4, -0.2) is 68.9 Å². The highest BCUT2D eigenvalue weighted by Gasteiger charge is 2.53. The summed E-state index contributed by atoms with van der Waals surface area (Å²) < 4.78 is 116. The van der Waals surface area contributed by atoms with Gasteiger partial charge in [0.2, 0.25) is 0 Å². The predicted molar refractivity (Wildman–Crippen MR) is 170 cm³/mol. The summed E-state index contributed by atoms with van der Waals surface area (Å²) in [4.78, 5) is 31.0. The Hall–Kier alpha value is -4.61. The molecule has 1 aromatic heterocycles. The number of carbonyl (C=O) groups excluding carboxylic acids is 2. The Labute approximate surface area is 292 Å². The monoisotopic (exact) mass is 742 g/mol. The van der Waals surface area contributed by atoms with Crippen LogP contribution < -0.4 is 5.32 Å². The van der Waals surface area contributed by atoms with E-state index in [1.807, 2.05) is 0 Å². The van der Waals surface area contributed by atoms with E-state index in [0.29, 0.717) is 50.3 Å². The number of rotatable bonds is 12. The van der Waals surface area contributed by atoms with Crippen LogP contribution in [0.4, 0.5) is 40.8 Å². The van der Waals surface area contributed by atoms with Crippen molar-refractivity contribution in [2.75, 3.05) is 31.7 Å². The standard InChI is InChI=1S/C35H34F8N4O5/c1-33-12-3-13-47(33)46(19-22-7-6-20(28(36)29(22)37)5-2-15-52-16-4-14-48)32(51)27(30(33)49)31(50)45-25-10-9-23(34(38,39)40)17-24(25)21-8-11-26(44-18-21)35(41,42)43/h6-11,17-18,48-49H,2-5,12-16,19H2,1H3,(H,45,50)/t33-/m1/s1. The van der Waals surface area contributed by atoms with Crippen molar-refractivity contribution < 1.29 is 59.7 Å². The lowest BCUT2D eigenvalue weighted by Gasteiger charge is -2.46. The third-order valence-corrected chi connectivity index (χ3v) is 9.02. The van der Waals surface area contributed by atoms with Crippen LogP contribution in [0.3, 0.4) is 0 Å². The number of halogens is 8. The maximum atomic E-state index is 15.4. The molecule has 1 atom stereocenters. The number of alkyl halides is 6. The van der Waals surface area contributed by atoms with Gasteiger partial charge in [-0.2, -0.15) is 26.3 Å². The molecule has 0 aliphatic carbocycles. The number of anilines is 1. The van der Waals surface area contributed by atoms with Crippen molar-refractivity contribution in [1.29, 1.82) is 0 Å². The number of nitrogens with one attached hydrogen (secondary N) is 1. The third-order valence-electron chi connectivity index (χ3n) is 9.02. The molecule has 2 aromatic carbocycles. The van der Waals surface area contributed by atoms with Gasteiger partial charge < -0.3 is 20.3 Å². The zero-order valence-electron chi connectivity index (χ0n) is 27.7. The fourth-order valence-corrected chi connectivity index (χ4v) is 6.26. The highest BCUT2D eigenvalue weighted by Crippen LogP contribution is 2.43. The van der Waals surface area contributed by atoms with Crippen molar-refractivity contribution >= 4 is 17.5 Å². The Bertz CT molecular complexity index is 1850. The maximum absolute atomic E-state index is 15.4. The van der Waals surface area contributed by atoms with Crippen LogP contribution in [0.5, 0.6) is 0 Å². The van der Waals surface area contributed by atoms with E-state index in [9.17, 15) is 41.0 Å². The minimum atomic E-state index is -4.88. The summed E-state index contributed by atoms with van der Waals surface area (Å²) in [7, 11) is 0. The summed E-state index contributed by atoms with van der Waals surface area (Å²) in [6.07, 6.45) is -7.41. The molecule has 0 spiro atoms. The van der Waals surface area contributed by atoms with Gasteiger partial charge in [-0.3, -0.25) is 19.6 Å². The zero-order chi connectivity index (χ0) is 38.0. The van der Waals surface area contributed by atoms with E-state index in [-0.39, 0.29) is 60.5 Å². The minimum absolute atomic E-state index is 0.0388. The number of amides is 2. The molecule has 1 fully saturated rings. The number of hydrogen-bond donors (Lipinski definition) is 3. The molecule has 1 saturated heterocycles. The van der Waals surface area contributed by atoms with E-state index >= 15 is 8.78 Å². The highest BCUT2D eigenvalue weighted by atomic mass is 19.4. The van der Waals surface area contributed by atoms with Crippen molar-refractivity contribution in [3.8, 4) is 11.1 Å². The van der Waals surface area contributed by atoms with E-state index in [4.69, 9.17) is 9.84 Å². The van der Waals surface area contributed by atoms with Gasteiger partial charge in [0.25, 0.3) is 11.8 Å². The van der Waals surface area contributed by atoms with Gasteiger partial charge in [0, 0.05) is 54.9 Å². The van der Waals surface area contributed by atoms with E-state index in [1.165, 1.54) is 24.1 Å². The average molecular weight is 743 g/mol. The van der Waals surface area contributed by atoms with Crippen molar-refractivity contribution in [3.63, 3.8) is 0 Å². The van der Waals surface area contributed by atoms with Gasteiger partial charge in [-0.15, -0.1) is 0 Å². The van der Waals surface area contributed by atoms with Gasteiger partial charge in [-0.25, -0.2) is 13.8 Å². The lowest BCUT2D eigenvalue weighted by molar-refractivity contribution is -0.160. The van der Waals surface area contributed by atoms with Crippen LogP contribution >= 0.6 is 0 Å². The first-order valence-corrected chi connectivity index (χ1v) is 16.2. The summed E-state index contributed by atoms with van der Waals surface area (Å²) in [6.45, 7) is 1.72. The Morgan fingerprint density at radius 3 is 2.33 bits per heavy atom. The number of ether oxygens (including phenoxy) is 1. The van der Waals surface area contributed by atoms with Gasteiger partial charge in [0.15, 0.2) is 11.6 Å². The normalized spacial score (nSPS) is 18.3. The smallest absolute Gasteiger partial charge is 0.433 e. The molecule has 5 rings (SSSR count). The number of fused-ring (bicyclic) bond motifs is 1. The number of pyridine rings is 1. The second-order valence-electron chi connectivity index (χ2n) is 12.5. The summed E-state index contributed by atoms with van der Waals surface area (Å²) in [5.41, 5.74) is -5.79. The average Bonchev–Trinajstić information content (AvgIpc) is 3.49. The van der Waals surface area contributed by atoms with Crippen molar-refractivity contribution in [2.24, 2.45) is 0 Å². The number of nitrogens with zero attached hydrogens (tertiary/aromatic N) is 3. The Balaban J connectivity index is 1.44. The molecule has 52 heavy (non-hydrogen) atoms. The number of aryl methyl sites for hydroxylation is 1. The molecule has 280 valence electrons. The second kappa shape index (κ2) is 15.2. The lowest BCUT2D eigenvalue weighted by atomic mass is 9.90. The summed E-state index contributed by atoms with van der Waals surface area (Å²) in [5, 5.41) is 24.9. The molecule has 3 N–H and O–H groups in total. The highest BCUT2D eigenvalue weighted by molar-refractivity contribution is 6.24. The molecule has 2 amide bonds. The number of carbonyl (C=O) groups is 2. The minimum Gasteiger partial charge on any atom is -0.509 e. The van der Waals surface area contributed by atoms with Gasteiger partial charge in [-0.05, 0) is 68.9 Å². The molecule has 3 aromatic rings. The van der Waals surface area contributed by atoms with Crippen molar-refractivity contribution in [2.45, 2.75) is 63.5 Å². The van der Waals surface area contributed by atoms with Crippen LogP contribution in [0.25, 0.3) is 11.1 Å². The van der Waals surface area contributed by atoms with E-state index in [2.05, 4.69) is 10.3 Å². The summed E-state index contributed by atoms with van der Waals surface area (Å²) in [6, 6.07) is 6.14. The van der Waals surface area contributed by atoms with E-state index in [0.717, 1.165) is 17.1 Å². The van der Waals surface area contributed by atoms with Crippen LogP contribution in [0, 0.1) is 11.6 Å². The number of aliphatic hydroxyl groups excluding tert-OH is 2. The number of aliphatic hydroxyl groups is 2. The molecular weight excluding hydrogens is 708 g/mol. The molecule has 2 aliphatic heterocycles. The predicted octanol–water partition coefficient (Wildman–Crippen LogP) is 6.96. The first-order valence-electron chi connectivity index (χ1n) is 16.2. The molecule has 0 bridgehead atoms. The molecule has 0 saturated carbocycles. The number of benzene rings is 2. The number of hydrogen-bond acceptors (Lipinski definition) is 7. The lowest BCUT2D eigenvalue weighted by Crippen LogP contribution is -2.60. The SMILES string of the molecule is C[C@]12CCCN1N(Cc1ccc(CCCOCCCO)c(F)c1F)C(=O)C(C(=O)Nc1ccc(C(F)(F)F)cc1-c1ccc(C(F)(F)F)nc1)=C2O. The summed E-state index contributed by atoms with van der Waals surface area (Å²) in [5.74, 6) is -5.38. The molecule has 3 heterocycles. The fourth-order valence-electron chi connectivity index (χ4n) is 6.26. The number of hydrazine groups is 1. The molecular formula is C35H34F8N4O5. The second-order valence-corrected chi connectivity index (χ2v) is 12.5. The Morgan fingerprint density at radius 2 is 1.67 bits per heavy atom. The topological polar surface area (TPSA) is 115 Å². The third kappa shape index (κ3) is 7.90. The van der Waals surface area contributed by atoms with Gasteiger partial charge >= 0.3 is 12.4 Å². The van der Waals surface area contributed by atoms with E-state index in [1.54, 1.807) is 0 Å². The zero-order valence-corrected chi connectivity index (χ0v) is 27.7. The van der Waals surface area contributed by atoms with Crippen molar-refractivity contribution in [3.05, 3.63) is 94.0 Å². The van der Waals surface area contributed by atoms with Gasteiger partial charge in [0.05, 0.1) is 17.6 Å². The van der Waals surface area contributed by atoms with Crippen LogP contribution in [0.2, 0.25) is 0 Å². The Morgan fingerprint density at radius 1 is 0.981 bits per heavy atom. The largest absolute Gasteiger partial charge is 0.509 e. The molecule has 0 radical (unpaired) electrons. The first kappa shape index (κ1) is 38.6. The van der Waals surface area contributed by atoms with Crippen LogP contribution in [0.15, 0.2) is 60.0 Å². The Kier molecular flexibility index (Phi) is 11.3. The van der Waals surface area contributed by atoms with Crippen LogP contribution in [0.1, 0.15) is 55.0 Å². The maximum Gasteiger partial charge on any atom is 0.433 e. The van der Waals surface area contributed by atoms with Gasteiger partial charge in [-0.1, -0.05) is 18.2 Å². The molecule has 0 unspecified atom stereocenters. The van der Waals surface area contributed by atoms with Gasteiger partial charge in [0.1, 0.15) is 17.0 Å². The van der Waals surface area contributed by atoms with Crippen LogP contribution in [-0.2, 0) is 39.6 Å². The van der Waals surface area contributed by atoms with Crippen molar-refractivity contribution in [1.82, 2.24) is 15.0 Å². The molecule has 2 aliphatic rings.